The number of benzene rings is 1. The molecule has 1 aromatic carbocycles. The predicted octanol–water partition coefficient (Wildman–Crippen LogP) is 2.50. The quantitative estimate of drug-likeness (QED) is 0.939. The Balaban J connectivity index is 2.00. The van der Waals surface area contributed by atoms with Gasteiger partial charge in [0, 0.05) is 24.9 Å². The molecule has 1 aliphatic heterocycles. The zero-order chi connectivity index (χ0) is 16.6. The van der Waals surface area contributed by atoms with Crippen LogP contribution in [0.1, 0.15) is 23.5 Å². The van der Waals surface area contributed by atoms with Crippen molar-refractivity contribution in [2.75, 3.05) is 12.4 Å². The first-order chi connectivity index (χ1) is 11.0. The number of carbonyl (C=O) groups is 1. The number of ether oxygens (including phenoxy) is 2. The molecule has 23 heavy (non-hydrogen) atoms. The Morgan fingerprint density at radius 2 is 2.17 bits per heavy atom. The van der Waals surface area contributed by atoms with Crippen molar-refractivity contribution >= 4 is 11.7 Å². The van der Waals surface area contributed by atoms with Crippen LogP contribution in [0, 0.1) is 0 Å². The summed E-state index contributed by atoms with van der Waals surface area (Å²) in [6.07, 6.45) is 1.94. The molecule has 0 saturated heterocycles. The van der Waals surface area contributed by atoms with Gasteiger partial charge in [0.25, 0.3) is 0 Å². The van der Waals surface area contributed by atoms with E-state index in [0.717, 1.165) is 11.1 Å². The molecule has 0 fully saturated rings. The molecule has 1 N–H and O–H groups in total. The van der Waals surface area contributed by atoms with Crippen molar-refractivity contribution in [2.24, 2.45) is 7.05 Å². The number of hydrogen-bond acceptors (Lipinski definition) is 4. The molecule has 122 valence electrons. The number of amides is 1. The lowest BCUT2D eigenvalue weighted by Crippen LogP contribution is -2.24. The Kier molecular flexibility index (Phi) is 3.89. The van der Waals surface area contributed by atoms with E-state index >= 15 is 0 Å². The average molecular weight is 323 g/mol. The Morgan fingerprint density at radius 3 is 2.87 bits per heavy atom. The van der Waals surface area contributed by atoms with Crippen molar-refractivity contribution in [1.29, 1.82) is 0 Å². The second-order valence-electron chi connectivity index (χ2n) is 5.17. The smallest absolute Gasteiger partial charge is 0.387 e. The summed E-state index contributed by atoms with van der Waals surface area (Å²) in [6, 6.07) is 4.68. The highest BCUT2D eigenvalue weighted by molar-refractivity contribution is 5.94. The van der Waals surface area contributed by atoms with Crippen LogP contribution in [0.15, 0.2) is 24.4 Å². The molecule has 0 saturated carbocycles. The van der Waals surface area contributed by atoms with Gasteiger partial charge < -0.3 is 14.8 Å². The molecule has 0 aliphatic carbocycles. The highest BCUT2D eigenvalue weighted by atomic mass is 19.3. The van der Waals surface area contributed by atoms with Crippen LogP contribution < -0.4 is 14.8 Å². The van der Waals surface area contributed by atoms with E-state index in [-0.39, 0.29) is 29.7 Å². The lowest BCUT2D eigenvalue weighted by Gasteiger charge is -2.24. The summed E-state index contributed by atoms with van der Waals surface area (Å²) in [6.45, 7) is -2.93. The Bertz CT molecular complexity index is 746. The third-order valence-electron chi connectivity index (χ3n) is 3.80. The molecule has 2 aromatic rings. The van der Waals surface area contributed by atoms with Crippen LogP contribution in [-0.4, -0.2) is 29.4 Å². The maximum Gasteiger partial charge on any atom is 0.387 e. The number of aryl methyl sites for hydroxylation is 1. The molecular weight excluding hydrogens is 308 g/mol. The van der Waals surface area contributed by atoms with Crippen molar-refractivity contribution < 1.29 is 23.0 Å². The summed E-state index contributed by atoms with van der Waals surface area (Å²) in [7, 11) is 3.11. The number of anilines is 1. The SMILES string of the molecule is COc1cc(C2CC(=O)Nc3c2cnn3C)ccc1OC(F)F. The number of methoxy groups -OCH3 is 1. The minimum absolute atomic E-state index is 0.0436. The first-order valence-electron chi connectivity index (χ1n) is 6.94. The summed E-state index contributed by atoms with van der Waals surface area (Å²) >= 11 is 0. The van der Waals surface area contributed by atoms with Crippen molar-refractivity contribution in [3.05, 3.63) is 35.5 Å². The van der Waals surface area contributed by atoms with Gasteiger partial charge in [-0.3, -0.25) is 9.48 Å². The number of fused-ring (bicyclic) bond motifs is 1. The van der Waals surface area contributed by atoms with E-state index in [9.17, 15) is 13.6 Å². The molecule has 0 radical (unpaired) electrons. The second-order valence-corrected chi connectivity index (χ2v) is 5.17. The van der Waals surface area contributed by atoms with Gasteiger partial charge in [-0.05, 0) is 17.7 Å². The molecule has 8 heteroatoms. The van der Waals surface area contributed by atoms with E-state index in [2.05, 4.69) is 15.2 Å². The second kappa shape index (κ2) is 5.86. The molecule has 1 unspecified atom stereocenters. The highest BCUT2D eigenvalue weighted by Gasteiger charge is 2.30. The number of alkyl halides is 2. The van der Waals surface area contributed by atoms with Crippen LogP contribution in [0.25, 0.3) is 0 Å². The Labute approximate surface area is 131 Å². The molecular formula is C15H15F2N3O3. The first kappa shape index (κ1) is 15.3. The number of aromatic nitrogens is 2. The van der Waals surface area contributed by atoms with Crippen molar-refractivity contribution in [2.45, 2.75) is 19.0 Å². The van der Waals surface area contributed by atoms with Gasteiger partial charge in [0.05, 0.1) is 13.3 Å². The summed E-state index contributed by atoms with van der Waals surface area (Å²) in [5.41, 5.74) is 1.64. The summed E-state index contributed by atoms with van der Waals surface area (Å²) in [5, 5.41) is 6.94. The number of hydrogen-bond donors (Lipinski definition) is 1. The fourth-order valence-electron chi connectivity index (χ4n) is 2.73. The number of nitrogens with one attached hydrogen (secondary N) is 1. The summed E-state index contributed by atoms with van der Waals surface area (Å²) in [5.74, 6) is 0.440. The number of nitrogens with zero attached hydrogens (tertiary/aromatic N) is 2. The lowest BCUT2D eigenvalue weighted by atomic mass is 9.87. The molecule has 0 spiro atoms. The van der Waals surface area contributed by atoms with E-state index in [0.29, 0.717) is 5.82 Å². The number of carbonyl (C=O) groups excluding carboxylic acids is 1. The van der Waals surface area contributed by atoms with Crippen LogP contribution >= 0.6 is 0 Å². The van der Waals surface area contributed by atoms with Gasteiger partial charge in [0.2, 0.25) is 5.91 Å². The average Bonchev–Trinajstić information content (AvgIpc) is 2.88. The molecule has 3 rings (SSSR count). The minimum atomic E-state index is -2.93. The van der Waals surface area contributed by atoms with Crippen LogP contribution in [0.5, 0.6) is 11.5 Å². The largest absolute Gasteiger partial charge is 0.493 e. The summed E-state index contributed by atoms with van der Waals surface area (Å²) < 4.78 is 35.9. The molecule has 0 bridgehead atoms. The molecule has 2 heterocycles. The van der Waals surface area contributed by atoms with Gasteiger partial charge in [0.1, 0.15) is 5.82 Å². The summed E-state index contributed by atoms with van der Waals surface area (Å²) in [4.78, 5) is 11.9. The van der Waals surface area contributed by atoms with Gasteiger partial charge in [-0.2, -0.15) is 13.9 Å². The third-order valence-corrected chi connectivity index (χ3v) is 3.80. The van der Waals surface area contributed by atoms with Crippen LogP contribution in [0.4, 0.5) is 14.6 Å². The molecule has 1 amide bonds. The van der Waals surface area contributed by atoms with Gasteiger partial charge in [0.15, 0.2) is 11.5 Å². The zero-order valence-corrected chi connectivity index (χ0v) is 12.5. The predicted molar refractivity (Wildman–Crippen MR) is 77.9 cm³/mol. The van der Waals surface area contributed by atoms with Crippen molar-refractivity contribution in [1.82, 2.24) is 9.78 Å². The molecule has 1 aromatic heterocycles. The van der Waals surface area contributed by atoms with Crippen LogP contribution in [-0.2, 0) is 11.8 Å². The first-order valence-corrected chi connectivity index (χ1v) is 6.94. The molecule has 1 atom stereocenters. The third kappa shape index (κ3) is 2.84. The standard InChI is InChI=1S/C15H15F2N3O3/c1-20-14-10(7-18-20)9(6-13(21)19-14)8-3-4-11(23-15(16)17)12(5-8)22-2/h3-5,7,9,15H,6H2,1-2H3,(H,19,21). The van der Waals surface area contributed by atoms with Gasteiger partial charge in [-0.15, -0.1) is 0 Å². The molecule has 6 nitrogen and oxygen atoms in total. The van der Waals surface area contributed by atoms with E-state index in [1.807, 2.05) is 0 Å². The van der Waals surface area contributed by atoms with Crippen molar-refractivity contribution in [3.63, 3.8) is 0 Å². The monoisotopic (exact) mass is 323 g/mol. The number of rotatable bonds is 4. The number of halogens is 2. The van der Waals surface area contributed by atoms with Gasteiger partial charge in [-0.25, -0.2) is 0 Å². The fourth-order valence-corrected chi connectivity index (χ4v) is 2.73. The lowest BCUT2D eigenvalue weighted by molar-refractivity contribution is -0.116. The Hall–Kier alpha value is -2.64. The minimum Gasteiger partial charge on any atom is -0.493 e. The van der Waals surface area contributed by atoms with E-state index in [1.165, 1.54) is 13.2 Å². The van der Waals surface area contributed by atoms with E-state index in [1.54, 1.807) is 30.1 Å². The molecule has 1 aliphatic rings. The van der Waals surface area contributed by atoms with Crippen LogP contribution in [0.3, 0.4) is 0 Å². The Morgan fingerprint density at radius 1 is 1.39 bits per heavy atom. The van der Waals surface area contributed by atoms with Gasteiger partial charge in [-0.1, -0.05) is 6.07 Å². The van der Waals surface area contributed by atoms with E-state index in [4.69, 9.17) is 4.74 Å². The highest BCUT2D eigenvalue weighted by Crippen LogP contribution is 2.40. The normalized spacial score (nSPS) is 16.9. The maximum absolute atomic E-state index is 12.4. The van der Waals surface area contributed by atoms with Crippen molar-refractivity contribution in [3.8, 4) is 11.5 Å². The van der Waals surface area contributed by atoms with Crippen LogP contribution in [0.2, 0.25) is 0 Å². The topological polar surface area (TPSA) is 65.4 Å². The van der Waals surface area contributed by atoms with E-state index < -0.39 is 6.61 Å². The zero-order valence-electron chi connectivity index (χ0n) is 12.5. The van der Waals surface area contributed by atoms with Gasteiger partial charge >= 0.3 is 6.61 Å². The fraction of sp³-hybridized carbons (Fsp3) is 0.333. The maximum atomic E-state index is 12.4.